The fourth-order valence-electron chi connectivity index (χ4n) is 1.77. The molecular weight excluding hydrogens is 284 g/mol. The zero-order chi connectivity index (χ0) is 14.5. The summed E-state index contributed by atoms with van der Waals surface area (Å²) >= 11 is 5.98. The largest absolute Gasteiger partial charge is 0.244 e. The molecule has 0 bridgehead atoms. The molecule has 0 spiro atoms. The fraction of sp³-hybridized carbons (Fsp3) is 0.462. The molecule has 0 aliphatic rings. The number of nitrogens with zero attached hydrogens (tertiary/aromatic N) is 2. The average Bonchev–Trinajstić information content (AvgIpc) is 2.38. The Kier molecular flexibility index (Phi) is 5.80. The van der Waals surface area contributed by atoms with Gasteiger partial charge >= 0.3 is 0 Å². The lowest BCUT2D eigenvalue weighted by Gasteiger charge is -2.21. The van der Waals surface area contributed by atoms with Crippen LogP contribution in [0.4, 0.5) is 0 Å². The summed E-state index contributed by atoms with van der Waals surface area (Å²) in [6, 6.07) is 6.18. The van der Waals surface area contributed by atoms with Crippen LogP contribution in [-0.2, 0) is 10.0 Å². The van der Waals surface area contributed by atoms with Crippen molar-refractivity contribution in [1.82, 2.24) is 4.31 Å². The van der Waals surface area contributed by atoms with Crippen LogP contribution in [0.25, 0.3) is 0 Å². The number of rotatable bonds is 6. The minimum absolute atomic E-state index is 0.0649. The highest BCUT2D eigenvalue weighted by atomic mass is 35.5. The molecule has 0 atom stereocenters. The third kappa shape index (κ3) is 3.69. The quantitative estimate of drug-likeness (QED) is 0.811. The maximum absolute atomic E-state index is 12.5. The van der Waals surface area contributed by atoms with E-state index in [1.54, 1.807) is 0 Å². The van der Waals surface area contributed by atoms with Gasteiger partial charge in [-0.3, -0.25) is 0 Å². The Labute approximate surface area is 119 Å². The zero-order valence-corrected chi connectivity index (χ0v) is 12.6. The average molecular weight is 301 g/mol. The summed E-state index contributed by atoms with van der Waals surface area (Å²) in [7, 11) is -3.59. The van der Waals surface area contributed by atoms with Crippen LogP contribution in [0, 0.1) is 11.3 Å². The molecule has 0 amide bonds. The van der Waals surface area contributed by atoms with Crippen molar-refractivity contribution in [2.24, 2.45) is 0 Å². The van der Waals surface area contributed by atoms with Gasteiger partial charge in [-0.1, -0.05) is 25.4 Å². The predicted octanol–water partition coefficient (Wildman–Crippen LogP) is 3.02. The van der Waals surface area contributed by atoms with Gasteiger partial charge in [0.2, 0.25) is 10.0 Å². The molecule has 19 heavy (non-hydrogen) atoms. The molecule has 0 N–H and O–H groups in total. The van der Waals surface area contributed by atoms with E-state index in [1.165, 1.54) is 22.5 Å². The van der Waals surface area contributed by atoms with Crippen molar-refractivity contribution in [2.75, 3.05) is 13.1 Å². The lowest BCUT2D eigenvalue weighted by molar-refractivity contribution is 0.410. The van der Waals surface area contributed by atoms with Gasteiger partial charge in [0, 0.05) is 13.1 Å². The molecule has 104 valence electrons. The number of hydrogen-bond acceptors (Lipinski definition) is 3. The van der Waals surface area contributed by atoms with E-state index < -0.39 is 10.0 Å². The topological polar surface area (TPSA) is 61.2 Å². The Morgan fingerprint density at radius 1 is 1.26 bits per heavy atom. The highest BCUT2D eigenvalue weighted by Gasteiger charge is 2.25. The van der Waals surface area contributed by atoms with Crippen molar-refractivity contribution in [3.8, 4) is 6.07 Å². The smallest absolute Gasteiger partial charge is 0.207 e. The molecule has 0 radical (unpaired) electrons. The molecule has 0 saturated carbocycles. The second kappa shape index (κ2) is 6.90. The van der Waals surface area contributed by atoms with E-state index in [0.717, 1.165) is 12.8 Å². The summed E-state index contributed by atoms with van der Waals surface area (Å²) in [5.41, 5.74) is 0.349. The van der Waals surface area contributed by atoms with Crippen LogP contribution in [0.3, 0.4) is 0 Å². The van der Waals surface area contributed by atoms with Gasteiger partial charge in [0.15, 0.2) is 0 Å². The van der Waals surface area contributed by atoms with E-state index in [9.17, 15) is 8.42 Å². The van der Waals surface area contributed by atoms with Gasteiger partial charge in [0.25, 0.3) is 0 Å². The zero-order valence-electron chi connectivity index (χ0n) is 11.1. The predicted molar refractivity (Wildman–Crippen MR) is 75.5 cm³/mol. The minimum Gasteiger partial charge on any atom is -0.207 e. The van der Waals surface area contributed by atoms with Crippen molar-refractivity contribution < 1.29 is 8.42 Å². The molecule has 1 rings (SSSR count). The molecule has 0 fully saturated rings. The molecular formula is C13H17ClN2O2S. The van der Waals surface area contributed by atoms with E-state index in [1.807, 2.05) is 19.9 Å². The summed E-state index contributed by atoms with van der Waals surface area (Å²) < 4.78 is 26.4. The van der Waals surface area contributed by atoms with Gasteiger partial charge in [-0.2, -0.15) is 9.57 Å². The van der Waals surface area contributed by atoms with E-state index in [0.29, 0.717) is 18.7 Å². The van der Waals surface area contributed by atoms with Crippen LogP contribution >= 0.6 is 11.6 Å². The minimum atomic E-state index is -3.59. The molecule has 0 saturated heterocycles. The number of hydrogen-bond donors (Lipinski definition) is 0. The van der Waals surface area contributed by atoms with Gasteiger partial charge in [0.05, 0.1) is 16.7 Å². The fourth-order valence-corrected chi connectivity index (χ4v) is 3.91. The normalized spacial score (nSPS) is 11.5. The summed E-state index contributed by atoms with van der Waals surface area (Å²) in [6.45, 7) is 4.79. The second-order valence-electron chi connectivity index (χ2n) is 4.16. The van der Waals surface area contributed by atoms with Crippen molar-refractivity contribution in [2.45, 2.75) is 31.6 Å². The molecule has 6 heteroatoms. The monoisotopic (exact) mass is 300 g/mol. The van der Waals surface area contributed by atoms with Gasteiger partial charge in [-0.25, -0.2) is 8.42 Å². The lowest BCUT2D eigenvalue weighted by atomic mass is 10.2. The standard InChI is InChI=1S/C13H17ClN2O2S/c1-3-7-16(8-4-2)19(17,18)13-6-5-11(10-15)9-12(13)14/h5-6,9H,3-4,7-8H2,1-2H3. The van der Waals surface area contributed by atoms with Gasteiger partial charge < -0.3 is 0 Å². The summed E-state index contributed by atoms with van der Waals surface area (Å²) in [6.07, 6.45) is 1.49. The van der Waals surface area contributed by atoms with Crippen LogP contribution in [0.2, 0.25) is 5.02 Å². The van der Waals surface area contributed by atoms with Crippen LogP contribution in [-0.4, -0.2) is 25.8 Å². The van der Waals surface area contributed by atoms with E-state index >= 15 is 0 Å². The maximum Gasteiger partial charge on any atom is 0.244 e. The number of sulfonamides is 1. The highest BCUT2D eigenvalue weighted by molar-refractivity contribution is 7.89. The molecule has 0 aromatic heterocycles. The highest BCUT2D eigenvalue weighted by Crippen LogP contribution is 2.26. The van der Waals surface area contributed by atoms with Crippen molar-refractivity contribution in [3.05, 3.63) is 28.8 Å². The molecule has 1 aromatic carbocycles. The van der Waals surface area contributed by atoms with Crippen molar-refractivity contribution >= 4 is 21.6 Å². The molecule has 1 aromatic rings. The first-order valence-corrected chi connectivity index (χ1v) is 7.99. The molecule has 0 aliphatic carbocycles. The van der Waals surface area contributed by atoms with Crippen molar-refractivity contribution in [1.29, 1.82) is 5.26 Å². The first kappa shape index (κ1) is 16.0. The number of nitriles is 1. The van der Waals surface area contributed by atoms with Crippen LogP contribution in [0.1, 0.15) is 32.3 Å². The third-order valence-electron chi connectivity index (χ3n) is 2.62. The Bertz CT molecular complexity index is 573. The molecule has 0 heterocycles. The summed E-state index contributed by atoms with van der Waals surface area (Å²) in [5, 5.41) is 8.86. The van der Waals surface area contributed by atoms with E-state index in [-0.39, 0.29) is 9.92 Å². The number of halogens is 1. The second-order valence-corrected chi connectivity index (χ2v) is 6.47. The Balaban J connectivity index is 3.22. The Morgan fingerprint density at radius 3 is 2.26 bits per heavy atom. The van der Waals surface area contributed by atoms with Gasteiger partial charge in [-0.15, -0.1) is 0 Å². The van der Waals surface area contributed by atoms with Crippen LogP contribution in [0.15, 0.2) is 23.1 Å². The molecule has 0 aliphatic heterocycles. The molecule has 4 nitrogen and oxygen atoms in total. The Morgan fingerprint density at radius 2 is 1.84 bits per heavy atom. The van der Waals surface area contributed by atoms with Crippen LogP contribution in [0.5, 0.6) is 0 Å². The van der Waals surface area contributed by atoms with Gasteiger partial charge in [-0.05, 0) is 31.0 Å². The Hall–Kier alpha value is -1.09. The SMILES string of the molecule is CCCN(CCC)S(=O)(=O)c1ccc(C#N)cc1Cl. The first-order chi connectivity index (χ1) is 8.97. The van der Waals surface area contributed by atoms with E-state index in [4.69, 9.17) is 16.9 Å². The summed E-state index contributed by atoms with van der Waals surface area (Å²) in [5.74, 6) is 0. The van der Waals surface area contributed by atoms with Gasteiger partial charge in [0.1, 0.15) is 4.90 Å². The van der Waals surface area contributed by atoms with Crippen LogP contribution < -0.4 is 0 Å². The number of benzene rings is 1. The van der Waals surface area contributed by atoms with Crippen molar-refractivity contribution in [3.63, 3.8) is 0 Å². The first-order valence-electron chi connectivity index (χ1n) is 6.17. The molecule has 0 unspecified atom stereocenters. The maximum atomic E-state index is 12.5. The summed E-state index contributed by atoms with van der Waals surface area (Å²) in [4.78, 5) is 0.0649. The van der Waals surface area contributed by atoms with E-state index in [2.05, 4.69) is 0 Å². The third-order valence-corrected chi connectivity index (χ3v) is 5.01. The lowest BCUT2D eigenvalue weighted by Crippen LogP contribution is -2.32.